The Morgan fingerprint density at radius 1 is 0.757 bits per heavy atom. The molecule has 0 radical (unpaired) electrons. The zero-order chi connectivity index (χ0) is 25.8. The van der Waals surface area contributed by atoms with Crippen molar-refractivity contribution in [3.8, 4) is 11.5 Å². The lowest BCUT2D eigenvalue weighted by molar-refractivity contribution is 0.220. The molecule has 0 saturated carbocycles. The van der Waals surface area contributed by atoms with E-state index in [0.29, 0.717) is 24.7 Å². The average molecular weight is 520 g/mol. The number of fused-ring (bicyclic) bond motifs is 2. The Bertz CT molecular complexity index is 1340. The maximum Gasteiger partial charge on any atom is 0.126 e. The van der Waals surface area contributed by atoms with Crippen LogP contribution in [0.5, 0.6) is 11.5 Å². The Labute approximate surface area is 228 Å². The van der Waals surface area contributed by atoms with Gasteiger partial charge in [0.15, 0.2) is 0 Å². The largest absolute Gasteiger partial charge is 0.507 e. The summed E-state index contributed by atoms with van der Waals surface area (Å²) in [6, 6.07) is 21.4. The first-order valence-corrected chi connectivity index (χ1v) is 13.5. The van der Waals surface area contributed by atoms with E-state index in [0.717, 1.165) is 47.5 Å². The molecular weight excluding hydrogens is 478 g/mol. The van der Waals surface area contributed by atoms with E-state index in [1.807, 2.05) is 0 Å². The van der Waals surface area contributed by atoms with Gasteiger partial charge in [-0.05, 0) is 69.7 Å². The van der Waals surface area contributed by atoms with Gasteiger partial charge in [-0.15, -0.1) is 12.4 Å². The maximum absolute atomic E-state index is 11.5. The fraction of sp³-hybridized carbons (Fsp3) is 0.394. The van der Waals surface area contributed by atoms with Gasteiger partial charge in [0, 0.05) is 24.1 Å². The molecule has 0 unspecified atom stereocenters. The van der Waals surface area contributed by atoms with E-state index < -0.39 is 0 Å². The van der Waals surface area contributed by atoms with Gasteiger partial charge in [-0.25, -0.2) is 0 Å². The summed E-state index contributed by atoms with van der Waals surface area (Å²) in [5.74, 6) is 1.95. The van der Waals surface area contributed by atoms with Crippen LogP contribution in [-0.4, -0.2) is 36.2 Å². The summed E-state index contributed by atoms with van der Waals surface area (Å²) in [6.45, 7) is 16.7. The molecular formula is C33H42ClNO2. The number of rotatable bonds is 10. The highest BCUT2D eigenvalue weighted by molar-refractivity contribution is 5.93. The van der Waals surface area contributed by atoms with Gasteiger partial charge in [0.1, 0.15) is 18.1 Å². The van der Waals surface area contributed by atoms with E-state index in [1.54, 1.807) is 0 Å². The molecule has 0 aromatic heterocycles. The predicted molar refractivity (Wildman–Crippen MR) is 161 cm³/mol. The Morgan fingerprint density at radius 2 is 1.27 bits per heavy atom. The van der Waals surface area contributed by atoms with Crippen LogP contribution in [0.1, 0.15) is 75.6 Å². The summed E-state index contributed by atoms with van der Waals surface area (Å²) in [4.78, 5) is 2.39. The topological polar surface area (TPSA) is 32.7 Å². The zero-order valence-electron chi connectivity index (χ0n) is 23.2. The van der Waals surface area contributed by atoms with Crippen molar-refractivity contribution in [3.63, 3.8) is 0 Å². The normalized spacial score (nSPS) is 11.6. The molecule has 4 rings (SSSR count). The molecule has 3 nitrogen and oxygen atoms in total. The lowest BCUT2D eigenvalue weighted by Gasteiger charge is -2.24. The van der Waals surface area contributed by atoms with Crippen LogP contribution in [0.3, 0.4) is 0 Å². The van der Waals surface area contributed by atoms with E-state index in [2.05, 4.69) is 107 Å². The predicted octanol–water partition coefficient (Wildman–Crippen LogP) is 8.68. The van der Waals surface area contributed by atoms with Crippen LogP contribution < -0.4 is 4.74 Å². The molecule has 0 aliphatic carbocycles. The molecule has 0 fully saturated rings. The van der Waals surface area contributed by atoms with Gasteiger partial charge in [0.2, 0.25) is 0 Å². The van der Waals surface area contributed by atoms with Crippen LogP contribution >= 0.6 is 12.4 Å². The van der Waals surface area contributed by atoms with Gasteiger partial charge < -0.3 is 14.7 Å². The molecule has 0 aliphatic rings. The minimum Gasteiger partial charge on any atom is -0.507 e. The maximum atomic E-state index is 11.5. The number of aromatic hydroxyl groups is 1. The smallest absolute Gasteiger partial charge is 0.126 e. The molecule has 0 atom stereocenters. The molecule has 4 aromatic carbocycles. The zero-order valence-corrected chi connectivity index (χ0v) is 24.0. The second kappa shape index (κ2) is 12.7. The van der Waals surface area contributed by atoms with Crippen molar-refractivity contribution in [1.82, 2.24) is 4.90 Å². The minimum atomic E-state index is 0. The molecule has 198 valence electrons. The SMILES string of the molecule is CCN(CC)CCOc1c(C(C)C)cc2ccccc2c1Cc1c(O)c(C(C)C)cc2ccccc12.Cl. The van der Waals surface area contributed by atoms with Crippen molar-refractivity contribution in [3.05, 3.63) is 82.9 Å². The van der Waals surface area contributed by atoms with E-state index in [4.69, 9.17) is 4.74 Å². The highest BCUT2D eigenvalue weighted by atomic mass is 35.5. The van der Waals surface area contributed by atoms with Gasteiger partial charge in [0.05, 0.1) is 0 Å². The number of hydrogen-bond donors (Lipinski definition) is 1. The molecule has 0 spiro atoms. The van der Waals surface area contributed by atoms with Crippen LogP contribution in [0, 0.1) is 0 Å². The second-order valence-corrected chi connectivity index (χ2v) is 10.4. The summed E-state index contributed by atoms with van der Waals surface area (Å²) in [6.07, 6.45) is 0.620. The Balaban J connectivity index is 0.00000380. The third-order valence-corrected chi connectivity index (χ3v) is 7.44. The fourth-order valence-corrected chi connectivity index (χ4v) is 5.25. The standard InChI is InChI=1S/C33H41NO2.ClH/c1-7-34(8-2)17-18-36-33-29(23(5)6)20-25-14-10-12-16-27(25)31(33)21-30-26-15-11-9-13-24(26)19-28(22(3)4)32(30)35;/h9-16,19-20,22-23,35H,7-8,17-18,21H2,1-6H3;1H. The van der Waals surface area contributed by atoms with Crippen LogP contribution in [0.25, 0.3) is 21.5 Å². The first-order chi connectivity index (χ1) is 17.3. The molecule has 4 aromatic rings. The van der Waals surface area contributed by atoms with Crippen LogP contribution in [0.2, 0.25) is 0 Å². The summed E-state index contributed by atoms with van der Waals surface area (Å²) >= 11 is 0. The number of hydrogen-bond acceptors (Lipinski definition) is 3. The summed E-state index contributed by atoms with van der Waals surface area (Å²) in [7, 11) is 0. The van der Waals surface area contributed by atoms with E-state index in [9.17, 15) is 5.11 Å². The number of nitrogens with zero attached hydrogens (tertiary/aromatic N) is 1. The summed E-state index contributed by atoms with van der Waals surface area (Å²) in [5.41, 5.74) is 4.37. The van der Waals surface area contributed by atoms with Gasteiger partial charge in [-0.1, -0.05) is 90.1 Å². The quantitative estimate of drug-likeness (QED) is 0.227. The Hall–Kier alpha value is -2.75. The lowest BCUT2D eigenvalue weighted by atomic mass is 9.87. The van der Waals surface area contributed by atoms with Crippen LogP contribution in [0.15, 0.2) is 60.7 Å². The number of likely N-dealkylation sites (N-methyl/N-ethyl adjacent to an activating group) is 1. The summed E-state index contributed by atoms with van der Waals surface area (Å²) in [5, 5.41) is 16.2. The van der Waals surface area contributed by atoms with Crippen LogP contribution in [0.4, 0.5) is 0 Å². The molecule has 0 bridgehead atoms. The second-order valence-electron chi connectivity index (χ2n) is 10.4. The lowest BCUT2D eigenvalue weighted by Crippen LogP contribution is -2.28. The molecule has 0 saturated heterocycles. The van der Waals surface area contributed by atoms with Gasteiger partial charge in [0.25, 0.3) is 0 Å². The first kappa shape index (κ1) is 28.8. The van der Waals surface area contributed by atoms with E-state index in [-0.39, 0.29) is 18.3 Å². The average Bonchev–Trinajstić information content (AvgIpc) is 2.88. The monoisotopic (exact) mass is 519 g/mol. The molecule has 0 amide bonds. The molecule has 4 heteroatoms. The Morgan fingerprint density at radius 3 is 1.81 bits per heavy atom. The van der Waals surface area contributed by atoms with Crippen molar-refractivity contribution in [2.45, 2.75) is 59.8 Å². The summed E-state index contributed by atoms with van der Waals surface area (Å²) < 4.78 is 6.65. The van der Waals surface area contributed by atoms with Gasteiger partial charge in [-0.2, -0.15) is 0 Å². The van der Waals surface area contributed by atoms with Crippen molar-refractivity contribution < 1.29 is 9.84 Å². The molecule has 0 heterocycles. The first-order valence-electron chi connectivity index (χ1n) is 13.5. The number of halogens is 1. The molecule has 37 heavy (non-hydrogen) atoms. The number of benzene rings is 4. The highest BCUT2D eigenvalue weighted by Gasteiger charge is 2.22. The Kier molecular flexibility index (Phi) is 9.87. The minimum absolute atomic E-state index is 0. The third kappa shape index (κ3) is 6.05. The van der Waals surface area contributed by atoms with Crippen molar-refractivity contribution in [1.29, 1.82) is 0 Å². The molecule has 1 N–H and O–H groups in total. The highest BCUT2D eigenvalue weighted by Crippen LogP contribution is 2.42. The van der Waals surface area contributed by atoms with E-state index >= 15 is 0 Å². The van der Waals surface area contributed by atoms with Crippen molar-refractivity contribution >= 4 is 34.0 Å². The van der Waals surface area contributed by atoms with Gasteiger partial charge in [-0.3, -0.25) is 0 Å². The van der Waals surface area contributed by atoms with Crippen LogP contribution in [-0.2, 0) is 6.42 Å². The third-order valence-electron chi connectivity index (χ3n) is 7.44. The number of ether oxygens (including phenoxy) is 1. The van der Waals surface area contributed by atoms with Crippen molar-refractivity contribution in [2.24, 2.45) is 0 Å². The molecule has 0 aliphatic heterocycles. The van der Waals surface area contributed by atoms with Crippen molar-refractivity contribution in [2.75, 3.05) is 26.2 Å². The van der Waals surface area contributed by atoms with Gasteiger partial charge >= 0.3 is 0 Å². The number of phenols is 1. The van der Waals surface area contributed by atoms with E-state index in [1.165, 1.54) is 21.7 Å². The fourth-order valence-electron chi connectivity index (χ4n) is 5.25. The number of phenolic OH excluding ortho intramolecular Hbond substituents is 1.